The van der Waals surface area contributed by atoms with Gasteiger partial charge in [-0.05, 0) is 38.8 Å². The highest BCUT2D eigenvalue weighted by Crippen LogP contribution is 2.21. The van der Waals surface area contributed by atoms with Gasteiger partial charge >= 0.3 is 0 Å². The lowest BCUT2D eigenvalue weighted by Crippen LogP contribution is -2.46. The van der Waals surface area contributed by atoms with Gasteiger partial charge in [-0.25, -0.2) is 0 Å². The molecular formula is C17H24N2O2. The van der Waals surface area contributed by atoms with E-state index in [1.807, 2.05) is 55.7 Å². The number of fused-ring (bicyclic) bond motifs is 1. The van der Waals surface area contributed by atoms with Crippen LogP contribution in [0.4, 0.5) is 0 Å². The summed E-state index contributed by atoms with van der Waals surface area (Å²) in [6.45, 7) is 6.85. The lowest BCUT2D eigenvalue weighted by atomic mass is 9.94. The van der Waals surface area contributed by atoms with E-state index in [0.29, 0.717) is 12.1 Å². The molecule has 21 heavy (non-hydrogen) atoms. The third-order valence-electron chi connectivity index (χ3n) is 4.22. The smallest absolute Gasteiger partial charge is 0.268 e. The first-order valence-electron chi connectivity index (χ1n) is 7.56. The van der Waals surface area contributed by atoms with Crippen molar-refractivity contribution in [3.05, 3.63) is 36.0 Å². The van der Waals surface area contributed by atoms with Crippen LogP contribution in [-0.4, -0.2) is 27.7 Å². The van der Waals surface area contributed by atoms with E-state index < -0.39 is 0 Å². The van der Waals surface area contributed by atoms with Crippen LogP contribution in [0.5, 0.6) is 0 Å². The number of rotatable bonds is 6. The quantitative estimate of drug-likeness (QED) is 0.858. The lowest BCUT2D eigenvalue weighted by molar-refractivity contribution is 0.0877. The molecule has 2 aromatic rings. The molecule has 0 bridgehead atoms. The molecule has 1 heterocycles. The van der Waals surface area contributed by atoms with Gasteiger partial charge in [-0.15, -0.1) is 0 Å². The van der Waals surface area contributed by atoms with Crippen LogP contribution >= 0.6 is 0 Å². The molecule has 4 heteroatoms. The minimum absolute atomic E-state index is 0.0708. The minimum Gasteiger partial charge on any atom is -0.396 e. The second kappa shape index (κ2) is 6.31. The topological polar surface area (TPSA) is 54.3 Å². The normalized spacial score (nSPS) is 14.1. The number of benzene rings is 1. The molecule has 4 nitrogen and oxygen atoms in total. The minimum atomic E-state index is -0.374. The van der Waals surface area contributed by atoms with Crippen molar-refractivity contribution in [1.82, 2.24) is 9.88 Å². The number of nitrogens with one attached hydrogen (secondary N) is 1. The van der Waals surface area contributed by atoms with Crippen molar-refractivity contribution in [3.8, 4) is 0 Å². The molecule has 0 aliphatic carbocycles. The van der Waals surface area contributed by atoms with E-state index in [-0.39, 0.29) is 18.1 Å². The highest BCUT2D eigenvalue weighted by atomic mass is 16.3. The molecule has 114 valence electrons. The molecule has 0 spiro atoms. The zero-order chi connectivity index (χ0) is 15.5. The molecule has 2 N–H and O–H groups in total. The van der Waals surface area contributed by atoms with Gasteiger partial charge in [0, 0.05) is 29.6 Å². The Morgan fingerprint density at radius 2 is 2.05 bits per heavy atom. The number of hydrogen-bond acceptors (Lipinski definition) is 2. The molecule has 0 radical (unpaired) electrons. The van der Waals surface area contributed by atoms with Gasteiger partial charge in [-0.3, -0.25) is 4.79 Å². The summed E-state index contributed by atoms with van der Waals surface area (Å²) in [5.41, 5.74) is 1.38. The predicted octanol–water partition coefficient (Wildman–Crippen LogP) is 2.94. The lowest BCUT2D eigenvalue weighted by Gasteiger charge is -2.29. The van der Waals surface area contributed by atoms with Crippen LogP contribution in [-0.2, 0) is 6.54 Å². The fraction of sp³-hybridized carbons (Fsp3) is 0.471. The second-order valence-electron chi connectivity index (χ2n) is 5.67. The Morgan fingerprint density at radius 3 is 2.67 bits per heavy atom. The molecule has 1 unspecified atom stereocenters. The molecule has 1 atom stereocenters. The zero-order valence-corrected chi connectivity index (χ0v) is 13.0. The van der Waals surface area contributed by atoms with Gasteiger partial charge in [0.05, 0.1) is 0 Å². The van der Waals surface area contributed by atoms with E-state index in [1.165, 1.54) is 0 Å². The van der Waals surface area contributed by atoms with Gasteiger partial charge in [-0.2, -0.15) is 0 Å². The van der Waals surface area contributed by atoms with Crippen molar-refractivity contribution in [2.24, 2.45) is 0 Å². The van der Waals surface area contributed by atoms with Crippen LogP contribution in [0.15, 0.2) is 30.3 Å². The van der Waals surface area contributed by atoms with Gasteiger partial charge in [-0.1, -0.05) is 25.1 Å². The van der Waals surface area contributed by atoms with E-state index in [9.17, 15) is 9.90 Å². The van der Waals surface area contributed by atoms with Gasteiger partial charge in [0.1, 0.15) is 5.69 Å². The standard InChI is InChI=1S/C17H24N2O2/c1-4-17(3,10-11-20)18-16(21)15-12-13-8-6-7-9-14(13)19(15)5-2/h6-9,12,20H,4-5,10-11H2,1-3H3,(H,18,21). The Labute approximate surface area is 125 Å². The maximum absolute atomic E-state index is 12.6. The van der Waals surface area contributed by atoms with Gasteiger partial charge in [0.2, 0.25) is 0 Å². The summed E-state index contributed by atoms with van der Waals surface area (Å²) < 4.78 is 2.03. The van der Waals surface area contributed by atoms with Crippen molar-refractivity contribution in [2.45, 2.75) is 45.7 Å². The Bertz CT molecular complexity index is 633. The number of aryl methyl sites for hydroxylation is 1. The number of aliphatic hydroxyl groups excluding tert-OH is 1. The largest absolute Gasteiger partial charge is 0.396 e. The van der Waals surface area contributed by atoms with E-state index >= 15 is 0 Å². The molecule has 2 rings (SSSR count). The predicted molar refractivity (Wildman–Crippen MR) is 85.5 cm³/mol. The van der Waals surface area contributed by atoms with Crippen LogP contribution in [0, 0.1) is 0 Å². The summed E-state index contributed by atoms with van der Waals surface area (Å²) in [4.78, 5) is 12.6. The van der Waals surface area contributed by atoms with Crippen LogP contribution in [0.2, 0.25) is 0 Å². The highest BCUT2D eigenvalue weighted by molar-refractivity contribution is 5.99. The zero-order valence-electron chi connectivity index (χ0n) is 13.0. The third-order valence-corrected chi connectivity index (χ3v) is 4.22. The second-order valence-corrected chi connectivity index (χ2v) is 5.67. The number of amides is 1. The van der Waals surface area contributed by atoms with Crippen molar-refractivity contribution >= 4 is 16.8 Å². The third kappa shape index (κ3) is 3.10. The summed E-state index contributed by atoms with van der Waals surface area (Å²) >= 11 is 0. The first-order chi connectivity index (χ1) is 10.0. The summed E-state index contributed by atoms with van der Waals surface area (Å²) in [6, 6.07) is 9.95. The molecule has 1 aromatic heterocycles. The summed E-state index contributed by atoms with van der Waals surface area (Å²) in [5, 5.41) is 13.3. The van der Waals surface area contributed by atoms with E-state index in [2.05, 4.69) is 5.32 Å². The first kappa shape index (κ1) is 15.6. The Balaban J connectivity index is 2.35. The molecule has 0 fully saturated rings. The first-order valence-corrected chi connectivity index (χ1v) is 7.56. The van der Waals surface area contributed by atoms with Crippen molar-refractivity contribution in [3.63, 3.8) is 0 Å². The van der Waals surface area contributed by atoms with Gasteiger partial charge in [0.25, 0.3) is 5.91 Å². The summed E-state index contributed by atoms with van der Waals surface area (Å²) in [7, 11) is 0. The molecule has 0 saturated heterocycles. The van der Waals surface area contributed by atoms with Crippen molar-refractivity contribution < 1.29 is 9.90 Å². The fourth-order valence-electron chi connectivity index (χ4n) is 2.65. The Hall–Kier alpha value is -1.81. The van der Waals surface area contributed by atoms with Gasteiger partial charge < -0.3 is 15.0 Å². The molecule has 1 aromatic carbocycles. The number of aromatic nitrogens is 1. The Kier molecular flexibility index (Phi) is 4.68. The average molecular weight is 288 g/mol. The maximum Gasteiger partial charge on any atom is 0.268 e. The Morgan fingerprint density at radius 1 is 1.33 bits per heavy atom. The summed E-state index contributed by atoms with van der Waals surface area (Å²) in [5.74, 6) is -0.0779. The number of aliphatic hydroxyl groups is 1. The molecule has 1 amide bonds. The molecular weight excluding hydrogens is 264 g/mol. The molecule has 0 aliphatic heterocycles. The fourth-order valence-corrected chi connectivity index (χ4v) is 2.65. The number of para-hydroxylation sites is 1. The van der Waals surface area contributed by atoms with Crippen LogP contribution < -0.4 is 5.32 Å². The molecule has 0 aliphatic rings. The van der Waals surface area contributed by atoms with E-state index in [0.717, 1.165) is 23.9 Å². The van der Waals surface area contributed by atoms with Gasteiger partial charge in [0.15, 0.2) is 0 Å². The van der Waals surface area contributed by atoms with Crippen LogP contribution in [0.25, 0.3) is 10.9 Å². The number of nitrogens with zero attached hydrogens (tertiary/aromatic N) is 1. The summed E-state index contributed by atoms with van der Waals surface area (Å²) in [6.07, 6.45) is 1.34. The SMILES string of the molecule is CCn1c(C(=O)NC(C)(CC)CCO)cc2ccccc21. The maximum atomic E-state index is 12.6. The van der Waals surface area contributed by atoms with Crippen molar-refractivity contribution in [1.29, 1.82) is 0 Å². The molecule has 0 saturated carbocycles. The number of hydrogen-bond donors (Lipinski definition) is 2. The number of carbonyl (C=O) groups is 1. The number of carbonyl (C=O) groups excluding carboxylic acids is 1. The average Bonchev–Trinajstić information content (AvgIpc) is 2.86. The van der Waals surface area contributed by atoms with E-state index in [1.54, 1.807) is 0 Å². The van der Waals surface area contributed by atoms with Crippen LogP contribution in [0.1, 0.15) is 44.1 Å². The van der Waals surface area contributed by atoms with E-state index in [4.69, 9.17) is 0 Å². The monoisotopic (exact) mass is 288 g/mol. The van der Waals surface area contributed by atoms with Crippen LogP contribution in [0.3, 0.4) is 0 Å². The van der Waals surface area contributed by atoms with Crippen molar-refractivity contribution in [2.75, 3.05) is 6.61 Å². The highest BCUT2D eigenvalue weighted by Gasteiger charge is 2.26.